The van der Waals surface area contributed by atoms with E-state index in [-0.39, 0.29) is 12.3 Å². The highest BCUT2D eigenvalue weighted by Gasteiger charge is 2.30. The van der Waals surface area contributed by atoms with Gasteiger partial charge in [0.25, 0.3) is 5.91 Å². The summed E-state index contributed by atoms with van der Waals surface area (Å²) in [5, 5.41) is 2.46. The second-order valence-electron chi connectivity index (χ2n) is 4.80. The minimum atomic E-state index is -4.78. The fourth-order valence-electron chi connectivity index (χ4n) is 1.80. The van der Waals surface area contributed by atoms with Gasteiger partial charge in [-0.3, -0.25) is 9.59 Å². The van der Waals surface area contributed by atoms with E-state index in [1.54, 1.807) is 0 Å². The Kier molecular flexibility index (Phi) is 5.48. The van der Waals surface area contributed by atoms with Crippen molar-refractivity contribution in [1.29, 1.82) is 0 Å². The van der Waals surface area contributed by atoms with E-state index in [1.807, 2.05) is 0 Å². The largest absolute Gasteiger partial charge is 0.573 e. The molecule has 0 radical (unpaired) electrons. The van der Waals surface area contributed by atoms with Gasteiger partial charge in [-0.15, -0.1) is 13.2 Å². The molecule has 0 spiro atoms. The zero-order valence-electron chi connectivity index (χ0n) is 12.7. The molecule has 132 valence electrons. The van der Waals surface area contributed by atoms with Crippen LogP contribution in [0.5, 0.6) is 11.5 Å². The Morgan fingerprint density at radius 3 is 2.04 bits per heavy atom. The molecule has 6 nitrogen and oxygen atoms in total. The Morgan fingerprint density at radius 1 is 0.960 bits per heavy atom. The first kappa shape index (κ1) is 18.1. The molecule has 2 aromatic carbocycles. The number of hydrogen-bond acceptors (Lipinski definition) is 4. The second-order valence-corrected chi connectivity index (χ2v) is 4.80. The SMILES string of the molecule is NC(=O)c1ccc(OCC(=O)Nc2ccc(OC(F)(F)F)cc2)cc1. The number of primary amides is 1. The van der Waals surface area contributed by atoms with E-state index < -0.39 is 23.9 Å². The number of amides is 2. The predicted molar refractivity (Wildman–Crippen MR) is 82.2 cm³/mol. The number of carbonyl (C=O) groups is 2. The van der Waals surface area contributed by atoms with Crippen molar-refractivity contribution in [3.8, 4) is 11.5 Å². The number of ether oxygens (including phenoxy) is 2. The lowest BCUT2D eigenvalue weighted by Crippen LogP contribution is -2.20. The van der Waals surface area contributed by atoms with Gasteiger partial charge in [0.2, 0.25) is 5.91 Å². The van der Waals surface area contributed by atoms with Crippen LogP contribution in [0, 0.1) is 0 Å². The van der Waals surface area contributed by atoms with E-state index >= 15 is 0 Å². The van der Waals surface area contributed by atoms with Gasteiger partial charge in [-0.25, -0.2) is 0 Å². The van der Waals surface area contributed by atoms with Crippen LogP contribution >= 0.6 is 0 Å². The van der Waals surface area contributed by atoms with Gasteiger partial charge in [-0.2, -0.15) is 0 Å². The van der Waals surface area contributed by atoms with Crippen LogP contribution in [-0.2, 0) is 4.79 Å². The van der Waals surface area contributed by atoms with Crippen LogP contribution in [0.3, 0.4) is 0 Å². The molecule has 0 unspecified atom stereocenters. The van der Waals surface area contributed by atoms with E-state index in [0.29, 0.717) is 11.3 Å². The maximum atomic E-state index is 12.0. The number of carbonyl (C=O) groups excluding carboxylic acids is 2. The molecular formula is C16H13F3N2O4. The molecular weight excluding hydrogens is 341 g/mol. The Bertz CT molecular complexity index is 743. The van der Waals surface area contributed by atoms with E-state index in [0.717, 1.165) is 12.1 Å². The molecule has 3 N–H and O–H groups in total. The van der Waals surface area contributed by atoms with Crippen molar-refractivity contribution in [2.24, 2.45) is 5.73 Å². The van der Waals surface area contributed by atoms with Gasteiger partial charge in [0.05, 0.1) is 0 Å². The first-order valence-electron chi connectivity index (χ1n) is 6.91. The van der Waals surface area contributed by atoms with Gasteiger partial charge < -0.3 is 20.5 Å². The maximum absolute atomic E-state index is 12.0. The van der Waals surface area contributed by atoms with E-state index in [4.69, 9.17) is 10.5 Å². The highest BCUT2D eigenvalue weighted by Crippen LogP contribution is 2.23. The average molecular weight is 354 g/mol. The van der Waals surface area contributed by atoms with Gasteiger partial charge in [0.15, 0.2) is 6.61 Å². The number of rotatable bonds is 6. The summed E-state index contributed by atoms with van der Waals surface area (Å²) in [6, 6.07) is 10.6. The summed E-state index contributed by atoms with van der Waals surface area (Å²) in [6.07, 6.45) is -4.78. The Morgan fingerprint density at radius 2 is 1.52 bits per heavy atom. The standard InChI is InChI=1S/C16H13F3N2O4/c17-16(18,19)25-13-7-3-11(4-8-13)21-14(22)9-24-12-5-1-10(2-6-12)15(20)23/h1-8H,9H2,(H2,20,23)(H,21,22). The second kappa shape index (κ2) is 7.56. The lowest BCUT2D eigenvalue weighted by atomic mass is 10.2. The number of nitrogens with two attached hydrogens (primary N) is 1. The number of hydrogen-bond donors (Lipinski definition) is 2. The van der Waals surface area contributed by atoms with Crippen molar-refractivity contribution in [2.75, 3.05) is 11.9 Å². The fourth-order valence-corrected chi connectivity index (χ4v) is 1.80. The molecule has 9 heteroatoms. The van der Waals surface area contributed by atoms with Crippen LogP contribution < -0.4 is 20.5 Å². The van der Waals surface area contributed by atoms with Crippen molar-refractivity contribution in [2.45, 2.75) is 6.36 Å². The van der Waals surface area contributed by atoms with E-state index in [1.165, 1.54) is 36.4 Å². The molecule has 0 atom stereocenters. The molecule has 25 heavy (non-hydrogen) atoms. The van der Waals surface area contributed by atoms with Crippen molar-refractivity contribution >= 4 is 17.5 Å². The summed E-state index contributed by atoms with van der Waals surface area (Å²) >= 11 is 0. The first-order valence-corrected chi connectivity index (χ1v) is 6.91. The lowest BCUT2D eigenvalue weighted by molar-refractivity contribution is -0.274. The molecule has 0 aliphatic heterocycles. The predicted octanol–water partition coefficient (Wildman–Crippen LogP) is 2.70. The Hall–Kier alpha value is -3.23. The summed E-state index contributed by atoms with van der Waals surface area (Å²) in [7, 11) is 0. The van der Waals surface area contributed by atoms with Crippen molar-refractivity contribution in [1.82, 2.24) is 0 Å². The molecule has 2 rings (SSSR count). The highest BCUT2D eigenvalue weighted by atomic mass is 19.4. The lowest BCUT2D eigenvalue weighted by Gasteiger charge is -2.10. The molecule has 2 aromatic rings. The zero-order chi connectivity index (χ0) is 18.4. The van der Waals surface area contributed by atoms with Crippen LogP contribution in [0.1, 0.15) is 10.4 Å². The van der Waals surface area contributed by atoms with Crippen molar-refractivity contribution < 1.29 is 32.2 Å². The molecule has 0 aliphatic rings. The molecule has 0 heterocycles. The third-order valence-corrected chi connectivity index (χ3v) is 2.88. The molecule has 2 amide bonds. The van der Waals surface area contributed by atoms with Gasteiger partial charge in [-0.05, 0) is 48.5 Å². The van der Waals surface area contributed by atoms with E-state index in [9.17, 15) is 22.8 Å². The molecule has 0 aromatic heterocycles. The van der Waals surface area contributed by atoms with Gasteiger partial charge >= 0.3 is 6.36 Å². The van der Waals surface area contributed by atoms with Crippen LogP contribution in [0.15, 0.2) is 48.5 Å². The van der Waals surface area contributed by atoms with Crippen LogP contribution in [0.4, 0.5) is 18.9 Å². The fraction of sp³-hybridized carbons (Fsp3) is 0.125. The number of anilines is 1. The van der Waals surface area contributed by atoms with Gasteiger partial charge in [-0.1, -0.05) is 0 Å². The molecule has 0 aliphatic carbocycles. The smallest absolute Gasteiger partial charge is 0.484 e. The third kappa shape index (κ3) is 6.05. The van der Waals surface area contributed by atoms with Crippen LogP contribution in [-0.4, -0.2) is 24.8 Å². The third-order valence-electron chi connectivity index (χ3n) is 2.88. The number of benzene rings is 2. The van der Waals surface area contributed by atoms with Crippen LogP contribution in [0.25, 0.3) is 0 Å². The monoisotopic (exact) mass is 354 g/mol. The van der Waals surface area contributed by atoms with Crippen molar-refractivity contribution in [3.05, 3.63) is 54.1 Å². The summed E-state index contributed by atoms with van der Waals surface area (Å²) < 4.78 is 45.1. The molecule has 0 saturated heterocycles. The maximum Gasteiger partial charge on any atom is 0.573 e. The summed E-state index contributed by atoms with van der Waals surface area (Å²) in [6.45, 7) is -0.323. The highest BCUT2D eigenvalue weighted by molar-refractivity contribution is 5.93. The number of alkyl halides is 3. The van der Waals surface area contributed by atoms with Gasteiger partial charge in [0, 0.05) is 11.3 Å². The minimum absolute atomic E-state index is 0.284. The van der Waals surface area contributed by atoms with Crippen LogP contribution in [0.2, 0.25) is 0 Å². The molecule has 0 saturated carbocycles. The molecule has 0 bridgehead atoms. The Balaban J connectivity index is 1.84. The summed E-state index contributed by atoms with van der Waals surface area (Å²) in [5.41, 5.74) is 5.69. The zero-order valence-corrected chi connectivity index (χ0v) is 12.7. The minimum Gasteiger partial charge on any atom is -0.484 e. The molecule has 0 fully saturated rings. The topological polar surface area (TPSA) is 90.7 Å². The Labute approximate surface area is 140 Å². The van der Waals surface area contributed by atoms with Crippen molar-refractivity contribution in [3.63, 3.8) is 0 Å². The first-order chi connectivity index (χ1) is 11.7. The number of nitrogens with one attached hydrogen (secondary N) is 1. The normalized spacial score (nSPS) is 10.8. The van der Waals surface area contributed by atoms with E-state index in [2.05, 4.69) is 10.1 Å². The quantitative estimate of drug-likeness (QED) is 0.834. The average Bonchev–Trinajstić information content (AvgIpc) is 2.54. The summed E-state index contributed by atoms with van der Waals surface area (Å²) in [4.78, 5) is 22.7. The van der Waals surface area contributed by atoms with Gasteiger partial charge in [0.1, 0.15) is 11.5 Å². The number of halogens is 3. The summed E-state index contributed by atoms with van der Waals surface area (Å²) in [5.74, 6) is -1.13.